The molecule has 1 aliphatic heterocycles. The van der Waals surface area contributed by atoms with Crippen LogP contribution in [-0.4, -0.2) is 41.8 Å². The summed E-state index contributed by atoms with van der Waals surface area (Å²) in [4.78, 5) is 42.6. The lowest BCUT2D eigenvalue weighted by Gasteiger charge is -2.30. The van der Waals surface area contributed by atoms with Crippen LogP contribution in [0.25, 0.3) is 10.8 Å². The van der Waals surface area contributed by atoms with Crippen LogP contribution in [0.1, 0.15) is 36.7 Å². The summed E-state index contributed by atoms with van der Waals surface area (Å²) in [5.74, 6) is -0.359. The molecule has 3 aromatic carbocycles. The summed E-state index contributed by atoms with van der Waals surface area (Å²) in [5.41, 5.74) is 2.26. The summed E-state index contributed by atoms with van der Waals surface area (Å²) in [6.45, 7) is 6.48. The van der Waals surface area contributed by atoms with E-state index in [4.69, 9.17) is 0 Å². The lowest BCUT2D eigenvalue weighted by Crippen LogP contribution is -2.51. The van der Waals surface area contributed by atoms with E-state index in [0.29, 0.717) is 18.0 Å². The van der Waals surface area contributed by atoms with Crippen molar-refractivity contribution in [3.05, 3.63) is 77.9 Å². The van der Waals surface area contributed by atoms with Gasteiger partial charge < -0.3 is 10.2 Å². The topological polar surface area (TPSA) is 69.7 Å². The van der Waals surface area contributed by atoms with E-state index < -0.39 is 6.04 Å². The van der Waals surface area contributed by atoms with Crippen molar-refractivity contribution in [1.29, 1.82) is 0 Å². The number of carbonyl (C=O) groups is 3. The van der Waals surface area contributed by atoms with Crippen molar-refractivity contribution in [1.82, 2.24) is 10.2 Å². The molecule has 1 N–H and O–H groups in total. The molecule has 4 rings (SSSR count). The van der Waals surface area contributed by atoms with Crippen LogP contribution in [0.15, 0.2) is 66.7 Å². The van der Waals surface area contributed by atoms with E-state index in [1.807, 2.05) is 74.5 Å². The van der Waals surface area contributed by atoms with Gasteiger partial charge in [-0.05, 0) is 35.9 Å². The molecule has 1 heterocycles. The Morgan fingerprint density at radius 2 is 1.64 bits per heavy atom. The molecule has 0 fully saturated rings. The van der Waals surface area contributed by atoms with Crippen LogP contribution in [0, 0.1) is 5.92 Å². The number of benzene rings is 3. The zero-order chi connectivity index (χ0) is 23.5. The predicted octanol–water partition coefficient (Wildman–Crippen LogP) is 3.99. The largest absolute Gasteiger partial charge is 0.354 e. The highest BCUT2D eigenvalue weighted by atomic mass is 16.2. The molecule has 0 radical (unpaired) electrons. The van der Waals surface area contributed by atoms with Crippen molar-refractivity contribution >= 4 is 34.2 Å². The normalized spacial score (nSPS) is 13.5. The third kappa shape index (κ3) is 4.60. The Labute approximate surface area is 194 Å². The second kappa shape index (κ2) is 9.45. The van der Waals surface area contributed by atoms with Crippen LogP contribution in [-0.2, 0) is 16.1 Å². The number of nitrogens with one attached hydrogen (secondary N) is 1. The summed E-state index contributed by atoms with van der Waals surface area (Å²) in [5, 5.41) is 4.76. The molecular weight excluding hydrogens is 414 g/mol. The van der Waals surface area contributed by atoms with Gasteiger partial charge >= 0.3 is 0 Å². The number of hydrogen-bond acceptors (Lipinski definition) is 3. The van der Waals surface area contributed by atoms with E-state index in [1.54, 1.807) is 17.9 Å². The second-order valence-corrected chi connectivity index (χ2v) is 8.89. The van der Waals surface area contributed by atoms with Gasteiger partial charge in [-0.3, -0.25) is 19.3 Å². The van der Waals surface area contributed by atoms with Gasteiger partial charge in [0.05, 0.1) is 5.69 Å². The minimum absolute atomic E-state index is 0.124. The van der Waals surface area contributed by atoms with E-state index in [2.05, 4.69) is 5.32 Å². The fourth-order valence-corrected chi connectivity index (χ4v) is 4.18. The second-order valence-electron chi connectivity index (χ2n) is 8.89. The van der Waals surface area contributed by atoms with Crippen molar-refractivity contribution < 1.29 is 14.4 Å². The van der Waals surface area contributed by atoms with Crippen LogP contribution in [0.3, 0.4) is 0 Å². The van der Waals surface area contributed by atoms with Gasteiger partial charge in [-0.15, -0.1) is 0 Å². The van der Waals surface area contributed by atoms with Crippen LogP contribution >= 0.6 is 0 Å². The molecule has 0 saturated carbocycles. The quantitative estimate of drug-likeness (QED) is 0.572. The first-order valence-corrected chi connectivity index (χ1v) is 11.3. The SMILES string of the molecule is CC(C)CNC(=O)[C@@H](C)N(Cc1ccccc1)C(=O)CN1C(=O)c2cccc3cccc1c23. The number of nitrogens with zero attached hydrogens (tertiary/aromatic N) is 2. The Morgan fingerprint density at radius 1 is 0.939 bits per heavy atom. The highest BCUT2D eigenvalue weighted by molar-refractivity contribution is 6.26. The first-order valence-electron chi connectivity index (χ1n) is 11.3. The Bertz CT molecular complexity index is 1180. The number of amides is 3. The lowest BCUT2D eigenvalue weighted by atomic mass is 10.1. The molecule has 0 bridgehead atoms. The number of carbonyl (C=O) groups excluding carboxylic acids is 3. The van der Waals surface area contributed by atoms with Crippen LogP contribution < -0.4 is 10.2 Å². The molecule has 3 amide bonds. The molecule has 0 saturated heterocycles. The van der Waals surface area contributed by atoms with Crippen molar-refractivity contribution in [2.75, 3.05) is 18.0 Å². The Hall–Kier alpha value is -3.67. The molecule has 0 spiro atoms. The monoisotopic (exact) mass is 443 g/mol. The first-order chi connectivity index (χ1) is 15.9. The molecular formula is C27H29N3O3. The summed E-state index contributed by atoms with van der Waals surface area (Å²) < 4.78 is 0. The molecule has 3 aromatic rings. The molecule has 0 aromatic heterocycles. The Balaban J connectivity index is 1.59. The smallest absolute Gasteiger partial charge is 0.259 e. The van der Waals surface area contributed by atoms with E-state index in [0.717, 1.165) is 22.0 Å². The standard InChI is InChI=1S/C27H29N3O3/c1-18(2)15-28-26(32)19(3)29(16-20-9-5-4-6-10-20)24(31)17-30-23-14-8-12-21-11-7-13-22(25(21)23)27(30)33/h4-14,18-19H,15-17H2,1-3H3,(H,28,32)/t19-/m1/s1. The number of rotatable bonds is 8. The van der Waals surface area contributed by atoms with Gasteiger partial charge in [0.2, 0.25) is 11.8 Å². The molecule has 0 aliphatic carbocycles. The Morgan fingerprint density at radius 3 is 2.33 bits per heavy atom. The maximum absolute atomic E-state index is 13.6. The molecule has 33 heavy (non-hydrogen) atoms. The van der Waals surface area contributed by atoms with Crippen LogP contribution in [0.4, 0.5) is 5.69 Å². The summed E-state index contributed by atoms with van der Waals surface area (Å²) in [7, 11) is 0. The van der Waals surface area contributed by atoms with E-state index in [9.17, 15) is 14.4 Å². The highest BCUT2D eigenvalue weighted by Crippen LogP contribution is 2.37. The van der Waals surface area contributed by atoms with Crippen LogP contribution in [0.2, 0.25) is 0 Å². The fraction of sp³-hybridized carbons (Fsp3) is 0.296. The maximum atomic E-state index is 13.6. The third-order valence-corrected chi connectivity index (χ3v) is 5.99. The average molecular weight is 444 g/mol. The van der Waals surface area contributed by atoms with Crippen molar-refractivity contribution in [3.8, 4) is 0 Å². The van der Waals surface area contributed by atoms with Gasteiger partial charge in [-0.25, -0.2) is 0 Å². The van der Waals surface area contributed by atoms with E-state index in [1.165, 1.54) is 4.90 Å². The van der Waals surface area contributed by atoms with Gasteiger partial charge in [0.15, 0.2) is 0 Å². The van der Waals surface area contributed by atoms with Crippen molar-refractivity contribution in [3.63, 3.8) is 0 Å². The van der Waals surface area contributed by atoms with Gasteiger partial charge in [-0.1, -0.05) is 68.4 Å². The molecule has 1 aliphatic rings. The first kappa shape index (κ1) is 22.5. The fourth-order valence-electron chi connectivity index (χ4n) is 4.18. The summed E-state index contributed by atoms with van der Waals surface area (Å²) in [6, 6.07) is 20.2. The zero-order valence-corrected chi connectivity index (χ0v) is 19.2. The highest BCUT2D eigenvalue weighted by Gasteiger charge is 2.34. The van der Waals surface area contributed by atoms with E-state index in [-0.39, 0.29) is 30.8 Å². The summed E-state index contributed by atoms with van der Waals surface area (Å²) in [6.07, 6.45) is 0. The van der Waals surface area contributed by atoms with Crippen molar-refractivity contribution in [2.24, 2.45) is 5.92 Å². The zero-order valence-electron chi connectivity index (χ0n) is 19.2. The average Bonchev–Trinajstić information content (AvgIpc) is 3.09. The lowest BCUT2D eigenvalue weighted by molar-refractivity contribution is -0.139. The number of anilines is 1. The molecule has 0 unspecified atom stereocenters. The predicted molar refractivity (Wildman–Crippen MR) is 130 cm³/mol. The van der Waals surface area contributed by atoms with Crippen LogP contribution in [0.5, 0.6) is 0 Å². The molecule has 170 valence electrons. The van der Waals surface area contributed by atoms with Gasteiger partial charge in [-0.2, -0.15) is 0 Å². The molecule has 6 nitrogen and oxygen atoms in total. The van der Waals surface area contributed by atoms with E-state index >= 15 is 0 Å². The maximum Gasteiger partial charge on any atom is 0.259 e. The molecule has 1 atom stereocenters. The Kier molecular flexibility index (Phi) is 6.45. The minimum atomic E-state index is -0.674. The van der Waals surface area contributed by atoms with Crippen molar-refractivity contribution in [2.45, 2.75) is 33.4 Å². The van der Waals surface area contributed by atoms with Gasteiger partial charge in [0.25, 0.3) is 5.91 Å². The van der Waals surface area contributed by atoms with Gasteiger partial charge in [0.1, 0.15) is 12.6 Å². The third-order valence-electron chi connectivity index (χ3n) is 5.99. The minimum Gasteiger partial charge on any atom is -0.354 e. The number of hydrogen-bond donors (Lipinski definition) is 1. The summed E-state index contributed by atoms with van der Waals surface area (Å²) >= 11 is 0. The van der Waals surface area contributed by atoms with Gasteiger partial charge in [0, 0.05) is 24.0 Å². The molecule has 6 heteroatoms.